The normalized spacial score (nSPS) is 11.2. The molecule has 0 saturated carbocycles. The Morgan fingerprint density at radius 1 is 0.967 bits per heavy atom. The Morgan fingerprint density at radius 2 is 1.77 bits per heavy atom. The average molecular weight is 413 g/mol. The topological polar surface area (TPSA) is 57.2 Å². The van der Waals surface area contributed by atoms with Gasteiger partial charge in [0.05, 0.1) is 24.7 Å². The second-order valence-corrected chi connectivity index (χ2v) is 8.22. The van der Waals surface area contributed by atoms with Crippen molar-refractivity contribution in [2.45, 2.75) is 6.54 Å². The molecule has 2 heterocycles. The molecule has 0 unspecified atom stereocenters. The molecule has 2 N–H and O–H groups in total. The molecule has 0 fully saturated rings. The summed E-state index contributed by atoms with van der Waals surface area (Å²) in [5.41, 5.74) is 10.6. The van der Waals surface area contributed by atoms with E-state index in [9.17, 15) is 4.79 Å². The van der Waals surface area contributed by atoms with Crippen LogP contribution in [-0.4, -0.2) is 17.6 Å². The van der Waals surface area contributed by atoms with Crippen LogP contribution >= 0.6 is 11.3 Å². The summed E-state index contributed by atoms with van der Waals surface area (Å²) in [5, 5.41) is 4.03. The van der Waals surface area contributed by atoms with E-state index < -0.39 is 5.91 Å². The van der Waals surface area contributed by atoms with Crippen LogP contribution in [0.2, 0.25) is 0 Å². The minimum absolute atomic E-state index is 0.407. The van der Waals surface area contributed by atoms with Gasteiger partial charge in [-0.15, -0.1) is 11.3 Å². The van der Waals surface area contributed by atoms with Crippen LogP contribution in [0, 0.1) is 0 Å². The maximum atomic E-state index is 12.1. The number of amides is 1. The number of carbonyl (C=O) groups excluding carboxylic acids is 1. The van der Waals surface area contributed by atoms with E-state index in [0.717, 1.165) is 45.2 Å². The highest BCUT2D eigenvalue weighted by atomic mass is 32.1. The summed E-state index contributed by atoms with van der Waals surface area (Å²) in [7, 11) is 1.67. The predicted octanol–water partition coefficient (Wildman–Crippen LogP) is 5.68. The Morgan fingerprint density at radius 3 is 2.47 bits per heavy atom. The zero-order chi connectivity index (χ0) is 20.7. The third kappa shape index (κ3) is 3.04. The number of nitrogens with two attached hydrogens (primary N) is 1. The number of methoxy groups -OCH3 is 1. The molecule has 3 aromatic carbocycles. The lowest BCUT2D eigenvalue weighted by Gasteiger charge is -2.08. The number of benzene rings is 3. The number of thiophene rings is 1. The quantitative estimate of drug-likeness (QED) is 0.404. The van der Waals surface area contributed by atoms with Crippen molar-refractivity contribution < 1.29 is 9.53 Å². The van der Waals surface area contributed by atoms with E-state index in [1.54, 1.807) is 24.5 Å². The van der Waals surface area contributed by atoms with Crippen molar-refractivity contribution in [2.75, 3.05) is 7.11 Å². The standard InChI is InChI=1S/C25H20N2O2S/c1-29-18-10-7-16(8-11-18)17-9-12-20-23(14-17)27(15-19-4-3-13-30-19)22-6-2-5-21(24(20)22)25(26)28/h2-14H,15H2,1H3,(H2,26,28). The number of nitrogens with zero attached hydrogens (tertiary/aromatic N) is 1. The van der Waals surface area contributed by atoms with E-state index in [-0.39, 0.29) is 0 Å². The molecule has 5 aromatic rings. The summed E-state index contributed by atoms with van der Waals surface area (Å²) >= 11 is 1.73. The van der Waals surface area contributed by atoms with Gasteiger partial charge in [-0.05, 0) is 52.9 Å². The van der Waals surface area contributed by atoms with Gasteiger partial charge in [-0.3, -0.25) is 4.79 Å². The highest BCUT2D eigenvalue weighted by Crippen LogP contribution is 2.35. The maximum absolute atomic E-state index is 12.1. The van der Waals surface area contributed by atoms with Crippen LogP contribution in [-0.2, 0) is 6.54 Å². The maximum Gasteiger partial charge on any atom is 0.249 e. The third-order valence-electron chi connectivity index (χ3n) is 5.47. The van der Waals surface area contributed by atoms with Crippen LogP contribution in [0.1, 0.15) is 15.2 Å². The molecule has 0 saturated heterocycles. The van der Waals surface area contributed by atoms with Gasteiger partial charge in [-0.25, -0.2) is 0 Å². The number of ether oxygens (including phenoxy) is 1. The van der Waals surface area contributed by atoms with Crippen LogP contribution in [0.4, 0.5) is 0 Å². The summed E-state index contributed by atoms with van der Waals surface area (Å²) in [6, 6.07) is 24.4. The molecule has 0 radical (unpaired) electrons. The summed E-state index contributed by atoms with van der Waals surface area (Å²) in [6.07, 6.45) is 0. The van der Waals surface area contributed by atoms with Crippen LogP contribution in [0.5, 0.6) is 5.75 Å². The Balaban J connectivity index is 1.77. The molecule has 1 amide bonds. The molecule has 0 aliphatic rings. The fraction of sp³-hybridized carbons (Fsp3) is 0.0800. The molecule has 4 nitrogen and oxygen atoms in total. The number of primary amides is 1. The molecule has 0 bridgehead atoms. The van der Waals surface area contributed by atoms with Crippen molar-refractivity contribution in [3.05, 3.63) is 88.6 Å². The zero-order valence-electron chi connectivity index (χ0n) is 16.5. The number of hydrogen-bond donors (Lipinski definition) is 1. The van der Waals surface area contributed by atoms with Crippen molar-refractivity contribution >= 4 is 39.0 Å². The van der Waals surface area contributed by atoms with E-state index in [1.165, 1.54) is 4.88 Å². The van der Waals surface area contributed by atoms with E-state index in [0.29, 0.717) is 5.56 Å². The minimum Gasteiger partial charge on any atom is -0.497 e. The minimum atomic E-state index is -0.407. The summed E-state index contributed by atoms with van der Waals surface area (Å²) in [6.45, 7) is 0.742. The fourth-order valence-corrected chi connectivity index (χ4v) is 4.73. The van der Waals surface area contributed by atoms with E-state index in [2.05, 4.69) is 58.5 Å². The number of fused-ring (bicyclic) bond motifs is 3. The lowest BCUT2D eigenvalue weighted by Crippen LogP contribution is -2.11. The third-order valence-corrected chi connectivity index (χ3v) is 6.34. The Labute approximate surface area is 178 Å². The van der Waals surface area contributed by atoms with Gasteiger partial charge in [0.25, 0.3) is 0 Å². The monoisotopic (exact) mass is 412 g/mol. The van der Waals surface area contributed by atoms with Crippen molar-refractivity contribution in [1.29, 1.82) is 0 Å². The molecule has 5 heteroatoms. The molecule has 0 aliphatic heterocycles. The van der Waals surface area contributed by atoms with Gasteiger partial charge in [0, 0.05) is 21.2 Å². The van der Waals surface area contributed by atoms with Crippen LogP contribution in [0.15, 0.2) is 78.2 Å². The van der Waals surface area contributed by atoms with Gasteiger partial charge in [0.1, 0.15) is 5.75 Å². The van der Waals surface area contributed by atoms with Crippen LogP contribution in [0.25, 0.3) is 32.9 Å². The van der Waals surface area contributed by atoms with Gasteiger partial charge < -0.3 is 15.0 Å². The Hall–Kier alpha value is -3.57. The molecule has 0 aliphatic carbocycles. The highest BCUT2D eigenvalue weighted by molar-refractivity contribution is 7.09. The van der Waals surface area contributed by atoms with Gasteiger partial charge in [0.15, 0.2) is 0 Å². The molecule has 2 aromatic heterocycles. The van der Waals surface area contributed by atoms with Crippen molar-refractivity contribution in [3.8, 4) is 16.9 Å². The van der Waals surface area contributed by atoms with Crippen LogP contribution < -0.4 is 10.5 Å². The molecule has 148 valence electrons. The average Bonchev–Trinajstić information content (AvgIpc) is 3.40. The molecular weight excluding hydrogens is 392 g/mol. The molecule has 0 spiro atoms. The van der Waals surface area contributed by atoms with E-state index in [4.69, 9.17) is 10.5 Å². The summed E-state index contributed by atoms with van der Waals surface area (Å²) < 4.78 is 7.56. The first-order valence-electron chi connectivity index (χ1n) is 9.67. The van der Waals surface area contributed by atoms with Crippen LogP contribution in [0.3, 0.4) is 0 Å². The zero-order valence-corrected chi connectivity index (χ0v) is 17.3. The SMILES string of the molecule is COc1ccc(-c2ccc3c4c(C(N)=O)cccc4n(Cc4cccs4)c3c2)cc1. The van der Waals surface area contributed by atoms with Gasteiger partial charge >= 0.3 is 0 Å². The first-order valence-corrected chi connectivity index (χ1v) is 10.6. The largest absolute Gasteiger partial charge is 0.497 e. The molecule has 0 atom stereocenters. The molecule has 5 rings (SSSR count). The number of hydrogen-bond acceptors (Lipinski definition) is 3. The fourth-order valence-electron chi connectivity index (χ4n) is 4.04. The number of carbonyl (C=O) groups is 1. The van der Waals surface area contributed by atoms with Gasteiger partial charge in [-0.2, -0.15) is 0 Å². The van der Waals surface area contributed by atoms with Gasteiger partial charge in [-0.1, -0.05) is 36.4 Å². The second-order valence-electron chi connectivity index (χ2n) is 7.19. The van der Waals surface area contributed by atoms with Crippen molar-refractivity contribution in [3.63, 3.8) is 0 Å². The lowest BCUT2D eigenvalue weighted by atomic mass is 10.0. The first kappa shape index (κ1) is 18.5. The lowest BCUT2D eigenvalue weighted by molar-refractivity contribution is 0.100. The second kappa shape index (κ2) is 7.35. The highest BCUT2D eigenvalue weighted by Gasteiger charge is 2.17. The molecule has 30 heavy (non-hydrogen) atoms. The summed E-state index contributed by atoms with van der Waals surface area (Å²) in [4.78, 5) is 13.4. The summed E-state index contributed by atoms with van der Waals surface area (Å²) in [5.74, 6) is 0.424. The predicted molar refractivity (Wildman–Crippen MR) is 123 cm³/mol. The number of aromatic nitrogens is 1. The number of rotatable bonds is 5. The Kier molecular flexibility index (Phi) is 4.52. The van der Waals surface area contributed by atoms with E-state index >= 15 is 0 Å². The Bertz CT molecular complexity index is 1370. The van der Waals surface area contributed by atoms with E-state index in [1.807, 2.05) is 18.2 Å². The van der Waals surface area contributed by atoms with Gasteiger partial charge in [0.2, 0.25) is 5.91 Å². The first-order chi connectivity index (χ1) is 14.7. The van der Waals surface area contributed by atoms with Crippen molar-refractivity contribution in [2.24, 2.45) is 5.73 Å². The molecular formula is C25H20N2O2S. The smallest absolute Gasteiger partial charge is 0.249 e. The van der Waals surface area contributed by atoms with Crippen molar-refractivity contribution in [1.82, 2.24) is 4.57 Å².